The number of hydrogen-bond donors (Lipinski definition) is 1. The van der Waals surface area contributed by atoms with Crippen molar-refractivity contribution in [3.8, 4) is 0 Å². The smallest absolute Gasteiger partial charge is 0.00223 e. The van der Waals surface area contributed by atoms with Crippen LogP contribution in [0.4, 0.5) is 0 Å². The van der Waals surface area contributed by atoms with Gasteiger partial charge in [-0.3, -0.25) is 0 Å². The van der Waals surface area contributed by atoms with Crippen molar-refractivity contribution in [3.63, 3.8) is 0 Å². The summed E-state index contributed by atoms with van der Waals surface area (Å²) in [6.45, 7) is 13.7. The van der Waals surface area contributed by atoms with Crippen molar-refractivity contribution >= 4 is 0 Å². The molecule has 2 heteroatoms. The quantitative estimate of drug-likeness (QED) is 0.796. The van der Waals surface area contributed by atoms with Gasteiger partial charge in [-0.15, -0.1) is 0 Å². The maximum absolute atomic E-state index is 3.48. The van der Waals surface area contributed by atoms with E-state index in [0.29, 0.717) is 5.41 Å². The van der Waals surface area contributed by atoms with Crippen molar-refractivity contribution in [2.45, 2.75) is 46.5 Å². The lowest BCUT2D eigenvalue weighted by molar-refractivity contribution is 0.201. The lowest BCUT2D eigenvalue weighted by Gasteiger charge is -2.30. The zero-order valence-corrected chi connectivity index (χ0v) is 12.0. The fourth-order valence-corrected chi connectivity index (χ4v) is 3.44. The van der Waals surface area contributed by atoms with E-state index in [1.54, 1.807) is 0 Å². The molecule has 0 aromatic heterocycles. The molecular weight excluding hydrogens is 208 g/mol. The molecule has 2 saturated heterocycles. The largest absolute Gasteiger partial charge is 0.316 e. The Morgan fingerprint density at radius 1 is 1.12 bits per heavy atom. The Morgan fingerprint density at radius 2 is 1.94 bits per heavy atom. The molecule has 100 valence electrons. The first-order valence-corrected chi connectivity index (χ1v) is 7.49. The van der Waals surface area contributed by atoms with Crippen LogP contribution in [0.5, 0.6) is 0 Å². The van der Waals surface area contributed by atoms with E-state index in [1.165, 1.54) is 58.4 Å². The minimum absolute atomic E-state index is 0.505. The van der Waals surface area contributed by atoms with E-state index in [1.807, 2.05) is 0 Å². The van der Waals surface area contributed by atoms with Gasteiger partial charge in [-0.2, -0.15) is 0 Å². The van der Waals surface area contributed by atoms with Crippen LogP contribution in [0.3, 0.4) is 0 Å². The fourth-order valence-electron chi connectivity index (χ4n) is 3.44. The van der Waals surface area contributed by atoms with Crippen molar-refractivity contribution in [3.05, 3.63) is 0 Å². The van der Waals surface area contributed by atoms with Crippen LogP contribution >= 0.6 is 0 Å². The molecule has 2 unspecified atom stereocenters. The molecule has 0 radical (unpaired) electrons. The van der Waals surface area contributed by atoms with Gasteiger partial charge in [0.2, 0.25) is 0 Å². The van der Waals surface area contributed by atoms with Crippen LogP contribution in [0.25, 0.3) is 0 Å². The van der Waals surface area contributed by atoms with Crippen molar-refractivity contribution in [1.82, 2.24) is 10.2 Å². The molecule has 1 N–H and O–H groups in total. The molecule has 2 aliphatic rings. The van der Waals surface area contributed by atoms with Crippen molar-refractivity contribution in [1.29, 1.82) is 0 Å². The third-order valence-corrected chi connectivity index (χ3v) is 4.72. The molecule has 0 aliphatic carbocycles. The van der Waals surface area contributed by atoms with Crippen LogP contribution in [-0.2, 0) is 0 Å². The molecule has 2 heterocycles. The third-order valence-electron chi connectivity index (χ3n) is 4.72. The Bertz CT molecular complexity index is 226. The van der Waals surface area contributed by atoms with Gasteiger partial charge in [0, 0.05) is 6.54 Å². The molecule has 2 atom stereocenters. The van der Waals surface area contributed by atoms with Gasteiger partial charge in [-0.25, -0.2) is 0 Å². The average molecular weight is 238 g/mol. The van der Waals surface area contributed by atoms with Crippen molar-refractivity contribution in [2.75, 3.05) is 32.7 Å². The van der Waals surface area contributed by atoms with E-state index < -0.39 is 0 Å². The van der Waals surface area contributed by atoms with Gasteiger partial charge in [-0.1, -0.05) is 20.8 Å². The van der Waals surface area contributed by atoms with Gasteiger partial charge in [0.15, 0.2) is 0 Å². The lowest BCUT2D eigenvalue weighted by atomic mass is 9.77. The predicted molar refractivity (Wildman–Crippen MR) is 74.2 cm³/mol. The molecular formula is C15H30N2. The molecule has 2 fully saturated rings. The van der Waals surface area contributed by atoms with Gasteiger partial charge in [-0.05, 0) is 69.1 Å². The summed E-state index contributed by atoms with van der Waals surface area (Å²) >= 11 is 0. The van der Waals surface area contributed by atoms with Crippen LogP contribution in [-0.4, -0.2) is 37.6 Å². The Balaban J connectivity index is 1.79. The number of rotatable bonds is 2. The molecule has 17 heavy (non-hydrogen) atoms. The van der Waals surface area contributed by atoms with Gasteiger partial charge in [0.25, 0.3) is 0 Å². The summed E-state index contributed by atoms with van der Waals surface area (Å²) in [6, 6.07) is 0. The Kier molecular flexibility index (Phi) is 4.48. The van der Waals surface area contributed by atoms with Crippen molar-refractivity contribution < 1.29 is 0 Å². The SMILES string of the molecule is CC(C)(C)C1CCCN(CC2CCNC2)CC1. The third kappa shape index (κ3) is 3.96. The predicted octanol–water partition coefficient (Wildman–Crippen LogP) is 2.74. The number of likely N-dealkylation sites (tertiary alicyclic amines) is 1. The van der Waals surface area contributed by atoms with E-state index in [2.05, 4.69) is 31.0 Å². The lowest BCUT2D eigenvalue weighted by Crippen LogP contribution is -2.32. The molecule has 2 aliphatic heterocycles. The van der Waals surface area contributed by atoms with E-state index in [-0.39, 0.29) is 0 Å². The van der Waals surface area contributed by atoms with Crippen LogP contribution in [0.2, 0.25) is 0 Å². The number of nitrogens with one attached hydrogen (secondary N) is 1. The highest BCUT2D eigenvalue weighted by molar-refractivity contribution is 4.81. The Labute approximate surface area is 107 Å². The summed E-state index contributed by atoms with van der Waals surface area (Å²) in [5.74, 6) is 1.84. The highest BCUT2D eigenvalue weighted by Crippen LogP contribution is 2.34. The van der Waals surface area contributed by atoms with Crippen LogP contribution in [0.15, 0.2) is 0 Å². The average Bonchev–Trinajstić information content (AvgIpc) is 2.61. The highest BCUT2D eigenvalue weighted by atomic mass is 15.1. The molecule has 0 aromatic carbocycles. The maximum Gasteiger partial charge on any atom is 0.00223 e. The monoisotopic (exact) mass is 238 g/mol. The van der Waals surface area contributed by atoms with Gasteiger partial charge < -0.3 is 10.2 Å². The second-order valence-corrected chi connectivity index (χ2v) is 7.15. The molecule has 0 spiro atoms. The second-order valence-electron chi connectivity index (χ2n) is 7.15. The summed E-state index contributed by atoms with van der Waals surface area (Å²) in [7, 11) is 0. The zero-order valence-electron chi connectivity index (χ0n) is 12.0. The molecule has 0 saturated carbocycles. The van der Waals surface area contributed by atoms with Gasteiger partial charge in [0.1, 0.15) is 0 Å². The number of nitrogens with zero attached hydrogens (tertiary/aromatic N) is 1. The summed E-state index contributed by atoms with van der Waals surface area (Å²) in [4.78, 5) is 2.73. The first-order valence-electron chi connectivity index (χ1n) is 7.49. The zero-order chi connectivity index (χ0) is 12.3. The molecule has 2 nitrogen and oxygen atoms in total. The molecule has 0 amide bonds. The summed E-state index contributed by atoms with van der Waals surface area (Å²) in [5.41, 5.74) is 0.505. The first kappa shape index (κ1) is 13.4. The van der Waals surface area contributed by atoms with Gasteiger partial charge >= 0.3 is 0 Å². The molecule has 0 bridgehead atoms. The molecule has 2 rings (SSSR count). The van der Waals surface area contributed by atoms with E-state index in [9.17, 15) is 0 Å². The maximum atomic E-state index is 3.48. The summed E-state index contributed by atoms with van der Waals surface area (Å²) in [5, 5.41) is 3.48. The minimum Gasteiger partial charge on any atom is -0.316 e. The van der Waals surface area contributed by atoms with E-state index in [0.717, 1.165) is 11.8 Å². The normalized spacial score (nSPS) is 32.6. The standard InChI is InChI=1S/C15H30N2/c1-15(2,3)14-5-4-9-17(10-7-14)12-13-6-8-16-11-13/h13-14,16H,4-12H2,1-3H3. The van der Waals surface area contributed by atoms with Gasteiger partial charge in [0.05, 0.1) is 0 Å². The van der Waals surface area contributed by atoms with Crippen molar-refractivity contribution in [2.24, 2.45) is 17.3 Å². The number of hydrogen-bond acceptors (Lipinski definition) is 2. The van der Waals surface area contributed by atoms with Crippen LogP contribution < -0.4 is 5.32 Å². The minimum atomic E-state index is 0.505. The summed E-state index contributed by atoms with van der Waals surface area (Å²) < 4.78 is 0. The highest BCUT2D eigenvalue weighted by Gasteiger charge is 2.28. The van der Waals surface area contributed by atoms with E-state index >= 15 is 0 Å². The first-order chi connectivity index (χ1) is 8.05. The molecule has 0 aromatic rings. The van der Waals surface area contributed by atoms with E-state index in [4.69, 9.17) is 0 Å². The second kappa shape index (κ2) is 5.71. The van der Waals surface area contributed by atoms with Crippen LogP contribution in [0.1, 0.15) is 46.5 Å². The Hall–Kier alpha value is -0.0800. The van der Waals surface area contributed by atoms with Crippen LogP contribution in [0, 0.1) is 17.3 Å². The topological polar surface area (TPSA) is 15.3 Å². The summed E-state index contributed by atoms with van der Waals surface area (Å²) in [6.07, 6.45) is 5.63. The fraction of sp³-hybridized carbons (Fsp3) is 1.00. The Morgan fingerprint density at radius 3 is 2.59 bits per heavy atom.